The first kappa shape index (κ1) is 21.1. The summed E-state index contributed by atoms with van der Waals surface area (Å²) in [6, 6.07) is 16.5. The summed E-state index contributed by atoms with van der Waals surface area (Å²) in [5, 5.41) is 0. The number of piperazine rings is 1. The van der Waals surface area contributed by atoms with E-state index in [-0.39, 0.29) is 29.5 Å². The summed E-state index contributed by atoms with van der Waals surface area (Å²) < 4.78 is 18.7. The van der Waals surface area contributed by atoms with Crippen LogP contribution in [0.1, 0.15) is 36.3 Å². The van der Waals surface area contributed by atoms with Crippen LogP contribution in [0, 0.1) is 11.7 Å². The lowest BCUT2D eigenvalue weighted by Gasteiger charge is -2.43. The molecule has 0 bridgehead atoms. The Labute approximate surface area is 188 Å². The fourth-order valence-corrected chi connectivity index (χ4v) is 5.32. The highest BCUT2D eigenvalue weighted by Crippen LogP contribution is 2.48. The molecule has 168 valence electrons. The SMILES string of the molecule is O=C(C1CC1c1ccc(F)cc1)N1CCN(C(=O)C2(c3ccccc3)CCOCC2)CC1. The molecule has 2 atom stereocenters. The van der Waals surface area contributed by atoms with Gasteiger partial charge in [0.15, 0.2) is 0 Å². The molecule has 0 N–H and O–H groups in total. The van der Waals surface area contributed by atoms with Crippen molar-refractivity contribution >= 4 is 11.8 Å². The van der Waals surface area contributed by atoms with Crippen molar-refractivity contribution in [1.82, 2.24) is 9.80 Å². The fraction of sp³-hybridized carbons (Fsp3) is 0.462. The highest BCUT2D eigenvalue weighted by Gasteiger charge is 2.48. The summed E-state index contributed by atoms with van der Waals surface area (Å²) in [7, 11) is 0. The summed E-state index contributed by atoms with van der Waals surface area (Å²) in [6.45, 7) is 3.44. The largest absolute Gasteiger partial charge is 0.381 e. The van der Waals surface area contributed by atoms with E-state index in [2.05, 4.69) is 0 Å². The van der Waals surface area contributed by atoms with Crippen LogP contribution < -0.4 is 0 Å². The molecule has 6 heteroatoms. The molecule has 2 unspecified atom stereocenters. The fourth-order valence-electron chi connectivity index (χ4n) is 5.32. The maximum absolute atomic E-state index is 13.7. The number of amides is 2. The van der Waals surface area contributed by atoms with Crippen LogP contribution in [0.15, 0.2) is 54.6 Å². The molecule has 2 saturated heterocycles. The molecule has 2 aromatic carbocycles. The van der Waals surface area contributed by atoms with E-state index in [1.54, 1.807) is 12.1 Å². The van der Waals surface area contributed by atoms with Crippen molar-refractivity contribution in [1.29, 1.82) is 0 Å². The lowest BCUT2D eigenvalue weighted by Crippen LogP contribution is -2.57. The lowest BCUT2D eigenvalue weighted by atomic mass is 9.73. The van der Waals surface area contributed by atoms with Crippen molar-refractivity contribution in [2.45, 2.75) is 30.6 Å². The highest BCUT2D eigenvalue weighted by molar-refractivity contribution is 5.89. The quantitative estimate of drug-likeness (QED) is 0.739. The first-order valence-corrected chi connectivity index (χ1v) is 11.6. The summed E-state index contributed by atoms with van der Waals surface area (Å²) in [6.07, 6.45) is 2.20. The zero-order valence-corrected chi connectivity index (χ0v) is 18.2. The maximum Gasteiger partial charge on any atom is 0.233 e. The Kier molecular flexibility index (Phi) is 5.72. The van der Waals surface area contributed by atoms with Crippen LogP contribution in [0.5, 0.6) is 0 Å². The minimum atomic E-state index is -0.532. The summed E-state index contributed by atoms with van der Waals surface area (Å²) in [5.74, 6) is 0.237. The zero-order chi connectivity index (χ0) is 22.1. The van der Waals surface area contributed by atoms with Gasteiger partial charge in [-0.2, -0.15) is 0 Å². The van der Waals surface area contributed by atoms with Gasteiger partial charge in [-0.15, -0.1) is 0 Å². The predicted molar refractivity (Wildman–Crippen MR) is 119 cm³/mol. The molecule has 2 aromatic rings. The average molecular weight is 437 g/mol. The molecular formula is C26H29FN2O3. The number of ether oxygens (including phenoxy) is 1. The third kappa shape index (κ3) is 3.92. The van der Waals surface area contributed by atoms with Crippen molar-refractivity contribution in [2.75, 3.05) is 39.4 Å². The summed E-state index contributed by atoms with van der Waals surface area (Å²) >= 11 is 0. The van der Waals surface area contributed by atoms with E-state index < -0.39 is 5.41 Å². The molecule has 5 nitrogen and oxygen atoms in total. The van der Waals surface area contributed by atoms with E-state index in [4.69, 9.17) is 4.74 Å². The van der Waals surface area contributed by atoms with Crippen molar-refractivity contribution in [3.8, 4) is 0 Å². The lowest BCUT2D eigenvalue weighted by molar-refractivity contribution is -0.146. The Balaban J connectivity index is 1.22. The Hall–Kier alpha value is -2.73. The van der Waals surface area contributed by atoms with Crippen molar-refractivity contribution in [3.05, 3.63) is 71.5 Å². The monoisotopic (exact) mass is 436 g/mol. The Morgan fingerprint density at radius 2 is 1.50 bits per heavy atom. The van der Waals surface area contributed by atoms with Gasteiger partial charge in [-0.25, -0.2) is 4.39 Å². The van der Waals surface area contributed by atoms with Gasteiger partial charge in [-0.3, -0.25) is 9.59 Å². The van der Waals surface area contributed by atoms with Crippen LogP contribution in [-0.2, 0) is 19.7 Å². The van der Waals surface area contributed by atoms with E-state index in [9.17, 15) is 14.0 Å². The standard InChI is InChI=1S/C26H29FN2O3/c27-21-8-6-19(7-9-21)22-18-23(22)24(30)28-12-14-29(15-13-28)25(31)26(10-16-32-17-11-26)20-4-2-1-3-5-20/h1-9,22-23H,10-18H2. The third-order valence-corrected chi connectivity index (χ3v) is 7.37. The molecule has 0 radical (unpaired) electrons. The van der Waals surface area contributed by atoms with Crippen molar-refractivity contribution in [3.63, 3.8) is 0 Å². The van der Waals surface area contributed by atoms with E-state index in [1.807, 2.05) is 40.1 Å². The molecule has 5 rings (SSSR count). The van der Waals surface area contributed by atoms with Crippen LogP contribution in [0.3, 0.4) is 0 Å². The Morgan fingerprint density at radius 1 is 0.875 bits per heavy atom. The molecule has 3 fully saturated rings. The molecule has 0 spiro atoms. The van der Waals surface area contributed by atoms with Gasteiger partial charge in [0.25, 0.3) is 0 Å². The molecule has 2 amide bonds. The van der Waals surface area contributed by atoms with Crippen LogP contribution in [-0.4, -0.2) is 61.0 Å². The smallest absolute Gasteiger partial charge is 0.233 e. The van der Waals surface area contributed by atoms with Gasteiger partial charge in [0.05, 0.1) is 5.41 Å². The van der Waals surface area contributed by atoms with E-state index in [0.29, 0.717) is 52.2 Å². The van der Waals surface area contributed by atoms with E-state index in [0.717, 1.165) is 17.5 Å². The van der Waals surface area contributed by atoms with Gasteiger partial charge in [0.1, 0.15) is 5.82 Å². The number of carbonyl (C=O) groups is 2. The molecule has 1 aliphatic carbocycles. The van der Waals surface area contributed by atoms with Gasteiger partial charge >= 0.3 is 0 Å². The van der Waals surface area contributed by atoms with Crippen LogP contribution in [0.25, 0.3) is 0 Å². The second kappa shape index (κ2) is 8.66. The first-order chi connectivity index (χ1) is 15.6. The molecular weight excluding hydrogens is 407 g/mol. The minimum absolute atomic E-state index is 0.0196. The topological polar surface area (TPSA) is 49.9 Å². The Morgan fingerprint density at radius 3 is 2.16 bits per heavy atom. The summed E-state index contributed by atoms with van der Waals surface area (Å²) in [5.41, 5.74) is 1.56. The third-order valence-electron chi connectivity index (χ3n) is 7.37. The van der Waals surface area contributed by atoms with Gasteiger partial charge in [0.2, 0.25) is 11.8 Å². The number of hydrogen-bond acceptors (Lipinski definition) is 3. The number of benzene rings is 2. The zero-order valence-electron chi connectivity index (χ0n) is 18.2. The van der Waals surface area contributed by atoms with Crippen LogP contribution >= 0.6 is 0 Å². The van der Waals surface area contributed by atoms with Crippen molar-refractivity contribution in [2.24, 2.45) is 5.92 Å². The second-order valence-corrected chi connectivity index (χ2v) is 9.18. The van der Waals surface area contributed by atoms with Crippen LogP contribution in [0.4, 0.5) is 4.39 Å². The van der Waals surface area contributed by atoms with Crippen molar-refractivity contribution < 1.29 is 18.7 Å². The predicted octanol–water partition coefficient (Wildman–Crippen LogP) is 3.35. The molecule has 0 aromatic heterocycles. The maximum atomic E-state index is 13.7. The number of carbonyl (C=O) groups excluding carboxylic acids is 2. The number of rotatable bonds is 4. The van der Waals surface area contributed by atoms with E-state index in [1.165, 1.54) is 12.1 Å². The number of nitrogens with zero attached hydrogens (tertiary/aromatic N) is 2. The highest BCUT2D eigenvalue weighted by atomic mass is 19.1. The molecule has 3 aliphatic rings. The normalized spacial score (nSPS) is 24.8. The molecule has 1 saturated carbocycles. The molecule has 2 aliphatic heterocycles. The van der Waals surface area contributed by atoms with E-state index >= 15 is 0 Å². The van der Waals surface area contributed by atoms with Gasteiger partial charge in [0, 0.05) is 45.3 Å². The van der Waals surface area contributed by atoms with Gasteiger partial charge < -0.3 is 14.5 Å². The average Bonchev–Trinajstić information content (AvgIpc) is 3.66. The first-order valence-electron chi connectivity index (χ1n) is 11.6. The minimum Gasteiger partial charge on any atom is -0.381 e. The summed E-state index contributed by atoms with van der Waals surface area (Å²) in [4.78, 5) is 30.5. The van der Waals surface area contributed by atoms with Crippen LogP contribution in [0.2, 0.25) is 0 Å². The number of hydrogen-bond donors (Lipinski definition) is 0. The molecule has 2 heterocycles. The number of halogens is 1. The second-order valence-electron chi connectivity index (χ2n) is 9.18. The van der Waals surface area contributed by atoms with Gasteiger partial charge in [-0.05, 0) is 48.4 Å². The molecule has 32 heavy (non-hydrogen) atoms. The Bertz CT molecular complexity index is 964. The van der Waals surface area contributed by atoms with Gasteiger partial charge in [-0.1, -0.05) is 42.5 Å².